The zero-order valence-corrected chi connectivity index (χ0v) is 16.1. The van der Waals surface area contributed by atoms with Gasteiger partial charge in [0.2, 0.25) is 11.7 Å². The van der Waals surface area contributed by atoms with Gasteiger partial charge in [0.05, 0.1) is 18.2 Å². The normalized spacial score (nSPS) is 15.7. The predicted molar refractivity (Wildman–Crippen MR) is 106 cm³/mol. The van der Waals surface area contributed by atoms with Crippen LogP contribution in [0.25, 0.3) is 11.4 Å². The lowest BCUT2D eigenvalue weighted by molar-refractivity contribution is 0.222. The largest absolute Gasteiger partial charge is 0.338 e. The molecule has 0 N–H and O–H groups in total. The van der Waals surface area contributed by atoms with Crippen LogP contribution < -0.4 is 0 Å². The maximum atomic E-state index is 13.1. The Morgan fingerprint density at radius 2 is 1.62 bits per heavy atom. The van der Waals surface area contributed by atoms with Gasteiger partial charge < -0.3 is 4.52 Å². The first kappa shape index (κ1) is 19.2. The fourth-order valence-corrected chi connectivity index (χ4v) is 3.51. The predicted octanol–water partition coefficient (Wildman–Crippen LogP) is 3.46. The van der Waals surface area contributed by atoms with Crippen LogP contribution in [0.5, 0.6) is 0 Å². The third kappa shape index (κ3) is 5.05. The number of halogens is 1. The van der Waals surface area contributed by atoms with Crippen molar-refractivity contribution in [3.05, 3.63) is 71.4 Å². The van der Waals surface area contributed by atoms with Gasteiger partial charge in [-0.1, -0.05) is 17.3 Å². The highest BCUT2D eigenvalue weighted by Crippen LogP contribution is 2.17. The number of hydrogen-bond acceptors (Lipinski definition) is 6. The highest BCUT2D eigenvalue weighted by Gasteiger charge is 2.18. The standard InChI is InChI=1S/C22H22FN5O/c23-20-8-6-19(7-9-20)22-25-21(29-26-22)16-28-11-1-10-27(12-13-28)15-18-4-2-17(14-24)3-5-18/h2-9H,1,10-13,15-16H2. The van der Waals surface area contributed by atoms with E-state index in [-0.39, 0.29) is 5.82 Å². The Morgan fingerprint density at radius 1 is 0.931 bits per heavy atom. The van der Waals surface area contributed by atoms with Gasteiger partial charge in [-0.3, -0.25) is 9.80 Å². The highest BCUT2D eigenvalue weighted by molar-refractivity contribution is 5.53. The van der Waals surface area contributed by atoms with Gasteiger partial charge in [0.15, 0.2) is 0 Å². The van der Waals surface area contributed by atoms with Crippen LogP contribution in [-0.2, 0) is 13.1 Å². The monoisotopic (exact) mass is 391 g/mol. The van der Waals surface area contributed by atoms with Crippen molar-refractivity contribution in [3.63, 3.8) is 0 Å². The first-order valence-corrected chi connectivity index (χ1v) is 9.72. The minimum absolute atomic E-state index is 0.285. The van der Waals surface area contributed by atoms with Crippen molar-refractivity contribution in [2.24, 2.45) is 0 Å². The molecule has 7 heteroatoms. The van der Waals surface area contributed by atoms with Crippen LogP contribution in [0.4, 0.5) is 4.39 Å². The maximum Gasteiger partial charge on any atom is 0.241 e. The summed E-state index contributed by atoms with van der Waals surface area (Å²) >= 11 is 0. The molecule has 0 amide bonds. The number of rotatable bonds is 5. The lowest BCUT2D eigenvalue weighted by atomic mass is 10.1. The van der Waals surface area contributed by atoms with Crippen LogP contribution in [0.2, 0.25) is 0 Å². The molecule has 0 radical (unpaired) electrons. The van der Waals surface area contributed by atoms with E-state index in [4.69, 9.17) is 9.78 Å². The van der Waals surface area contributed by atoms with Crippen LogP contribution in [0.3, 0.4) is 0 Å². The summed E-state index contributed by atoms with van der Waals surface area (Å²) in [6, 6.07) is 16.0. The summed E-state index contributed by atoms with van der Waals surface area (Å²) in [6.07, 6.45) is 1.06. The summed E-state index contributed by atoms with van der Waals surface area (Å²) in [4.78, 5) is 9.21. The number of nitriles is 1. The summed E-state index contributed by atoms with van der Waals surface area (Å²) in [7, 11) is 0. The van der Waals surface area contributed by atoms with E-state index in [1.54, 1.807) is 12.1 Å². The molecule has 0 spiro atoms. The number of aromatic nitrogens is 2. The molecule has 4 rings (SSSR count). The summed E-state index contributed by atoms with van der Waals surface area (Å²) in [5.74, 6) is 0.773. The van der Waals surface area contributed by atoms with Crippen LogP contribution in [-0.4, -0.2) is 46.1 Å². The second-order valence-electron chi connectivity index (χ2n) is 7.23. The summed E-state index contributed by atoms with van der Waals surface area (Å²) in [5, 5.41) is 12.9. The maximum absolute atomic E-state index is 13.1. The zero-order valence-electron chi connectivity index (χ0n) is 16.1. The minimum Gasteiger partial charge on any atom is -0.338 e. The molecule has 148 valence electrons. The first-order chi connectivity index (χ1) is 14.2. The third-order valence-corrected chi connectivity index (χ3v) is 5.10. The van der Waals surface area contributed by atoms with E-state index < -0.39 is 0 Å². The average molecular weight is 391 g/mol. The van der Waals surface area contributed by atoms with Crippen molar-refractivity contribution < 1.29 is 8.91 Å². The molecule has 2 aromatic carbocycles. The van der Waals surface area contributed by atoms with Crippen LogP contribution in [0.15, 0.2) is 53.1 Å². The molecule has 1 aliphatic rings. The van der Waals surface area contributed by atoms with E-state index in [1.165, 1.54) is 17.7 Å². The van der Waals surface area contributed by atoms with Gasteiger partial charge in [0.1, 0.15) is 5.82 Å². The molecular formula is C22H22FN5O. The van der Waals surface area contributed by atoms with Crippen molar-refractivity contribution in [3.8, 4) is 17.5 Å². The minimum atomic E-state index is -0.285. The smallest absolute Gasteiger partial charge is 0.241 e. The van der Waals surface area contributed by atoms with E-state index in [2.05, 4.69) is 26.0 Å². The van der Waals surface area contributed by atoms with Gasteiger partial charge in [0.25, 0.3) is 0 Å². The van der Waals surface area contributed by atoms with Crippen molar-refractivity contribution in [2.45, 2.75) is 19.5 Å². The molecule has 3 aromatic rings. The SMILES string of the molecule is N#Cc1ccc(CN2CCCN(Cc3nc(-c4ccc(F)cc4)no3)CC2)cc1. The van der Waals surface area contributed by atoms with E-state index in [0.29, 0.717) is 23.8 Å². The molecule has 1 aliphatic heterocycles. The second kappa shape index (κ2) is 8.95. The molecule has 6 nitrogen and oxygen atoms in total. The Balaban J connectivity index is 1.32. The van der Waals surface area contributed by atoms with Crippen LogP contribution in [0, 0.1) is 17.1 Å². The number of hydrogen-bond donors (Lipinski definition) is 0. The van der Waals surface area contributed by atoms with Gasteiger partial charge in [-0.05, 0) is 61.5 Å². The topological polar surface area (TPSA) is 69.2 Å². The van der Waals surface area contributed by atoms with Crippen molar-refractivity contribution in [2.75, 3.05) is 26.2 Å². The molecular weight excluding hydrogens is 369 g/mol. The fourth-order valence-electron chi connectivity index (χ4n) is 3.51. The Hall–Kier alpha value is -3.08. The van der Waals surface area contributed by atoms with Crippen LogP contribution in [0.1, 0.15) is 23.4 Å². The Morgan fingerprint density at radius 3 is 2.31 bits per heavy atom. The van der Waals surface area contributed by atoms with E-state index in [0.717, 1.165) is 44.7 Å². The molecule has 0 atom stereocenters. The van der Waals surface area contributed by atoms with Crippen molar-refractivity contribution >= 4 is 0 Å². The number of nitrogens with zero attached hydrogens (tertiary/aromatic N) is 5. The highest BCUT2D eigenvalue weighted by atomic mass is 19.1. The fraction of sp³-hybridized carbons (Fsp3) is 0.318. The van der Waals surface area contributed by atoms with Crippen molar-refractivity contribution in [1.29, 1.82) is 5.26 Å². The quantitative estimate of drug-likeness (QED) is 0.664. The Labute approximate surface area is 169 Å². The molecule has 2 heterocycles. The Bertz CT molecular complexity index is 978. The molecule has 0 bridgehead atoms. The molecule has 1 saturated heterocycles. The van der Waals surface area contributed by atoms with Gasteiger partial charge in [-0.25, -0.2) is 4.39 Å². The lowest BCUT2D eigenvalue weighted by Crippen LogP contribution is -2.30. The lowest BCUT2D eigenvalue weighted by Gasteiger charge is -2.21. The summed E-state index contributed by atoms with van der Waals surface area (Å²) in [6.45, 7) is 5.37. The molecule has 29 heavy (non-hydrogen) atoms. The zero-order chi connectivity index (χ0) is 20.1. The second-order valence-corrected chi connectivity index (χ2v) is 7.23. The van der Waals surface area contributed by atoms with Crippen molar-refractivity contribution in [1.82, 2.24) is 19.9 Å². The molecule has 1 fully saturated rings. The summed E-state index contributed by atoms with van der Waals surface area (Å²) in [5.41, 5.74) is 2.65. The van der Waals surface area contributed by atoms with Gasteiger partial charge in [0, 0.05) is 25.2 Å². The van der Waals surface area contributed by atoms with Crippen LogP contribution >= 0.6 is 0 Å². The Kier molecular flexibility index (Phi) is 5.94. The van der Waals surface area contributed by atoms with E-state index in [1.807, 2.05) is 24.3 Å². The first-order valence-electron chi connectivity index (χ1n) is 9.72. The molecule has 0 saturated carbocycles. The summed E-state index contributed by atoms with van der Waals surface area (Å²) < 4.78 is 18.5. The number of benzene rings is 2. The third-order valence-electron chi connectivity index (χ3n) is 5.10. The molecule has 0 unspecified atom stereocenters. The van der Waals surface area contributed by atoms with Gasteiger partial charge in [-0.15, -0.1) is 0 Å². The van der Waals surface area contributed by atoms with Gasteiger partial charge in [-0.2, -0.15) is 10.2 Å². The molecule has 1 aromatic heterocycles. The van der Waals surface area contributed by atoms with E-state index >= 15 is 0 Å². The van der Waals surface area contributed by atoms with E-state index in [9.17, 15) is 4.39 Å². The molecule has 0 aliphatic carbocycles. The van der Waals surface area contributed by atoms with Gasteiger partial charge >= 0.3 is 0 Å². The average Bonchev–Trinajstić information content (AvgIpc) is 3.10.